The van der Waals surface area contributed by atoms with Gasteiger partial charge in [0.2, 0.25) is 0 Å². The molecule has 44 heavy (non-hydrogen) atoms. The molecule has 2 fully saturated rings. The van der Waals surface area contributed by atoms with Crippen molar-refractivity contribution in [3.63, 3.8) is 0 Å². The van der Waals surface area contributed by atoms with Gasteiger partial charge in [-0.1, -0.05) is 12.1 Å². The Kier molecular flexibility index (Phi) is 10.1. The molecule has 1 atom stereocenters. The Labute approximate surface area is 248 Å². The number of aliphatic carboxylic acids is 2. The first kappa shape index (κ1) is 34.4. The zero-order valence-electron chi connectivity index (χ0n) is 23.8. The molecule has 0 bridgehead atoms. The highest BCUT2D eigenvalue weighted by Gasteiger charge is 2.45. The van der Waals surface area contributed by atoms with Crippen LogP contribution >= 0.6 is 0 Å². The maximum absolute atomic E-state index is 12.9. The van der Waals surface area contributed by atoms with Crippen LogP contribution in [0, 0.1) is 5.41 Å². The number of aromatic nitrogens is 1. The molecule has 3 aliphatic heterocycles. The van der Waals surface area contributed by atoms with Gasteiger partial charge in [0.1, 0.15) is 17.0 Å². The number of pyridine rings is 1. The Balaban J connectivity index is 0.000000317. The topological polar surface area (TPSA) is 146 Å². The SMILES string of the molecule is CC1(C)Cc2c(CN3CCC4(CCN(C(=O)c5ccc(N)cn5)C4)C3)cccc2O1.O=C(O)C(F)(F)F.O=C(O)C(F)(F)F. The number of nitrogens with two attached hydrogens (primary N) is 1. The van der Waals surface area contributed by atoms with Gasteiger partial charge in [0, 0.05) is 43.6 Å². The standard InChI is InChI=1S/C24H30N4O2.2C2HF3O2/c1-23(2)12-19-17(4-3-5-21(19)30-23)14-27-10-8-24(15-27)9-11-28(16-24)22(29)20-7-6-18(25)13-26-20;2*3-2(4,5)1(6)7/h3-7,13H,8-12,14-16,25H2,1-2H3;2*(H,6,7). The molecule has 5 rings (SSSR count). The van der Waals surface area contributed by atoms with E-state index >= 15 is 0 Å². The number of nitrogens with zero attached hydrogens (tertiary/aromatic N) is 3. The number of hydrogen-bond acceptors (Lipinski definition) is 7. The molecule has 242 valence electrons. The van der Waals surface area contributed by atoms with Crippen LogP contribution in [0.5, 0.6) is 5.75 Å². The maximum atomic E-state index is 12.9. The third-order valence-corrected chi connectivity index (χ3v) is 7.35. The Bertz CT molecular complexity index is 1340. The molecule has 4 heterocycles. The van der Waals surface area contributed by atoms with Crippen molar-refractivity contribution in [2.24, 2.45) is 5.41 Å². The Morgan fingerprint density at radius 1 is 0.955 bits per heavy atom. The molecule has 1 amide bonds. The Hall–Kier alpha value is -4.08. The van der Waals surface area contributed by atoms with E-state index in [1.54, 1.807) is 18.3 Å². The summed E-state index contributed by atoms with van der Waals surface area (Å²) in [6.45, 7) is 9.01. The van der Waals surface area contributed by atoms with E-state index in [1.165, 1.54) is 11.1 Å². The number of alkyl halides is 6. The molecule has 0 aliphatic carbocycles. The van der Waals surface area contributed by atoms with E-state index < -0.39 is 24.3 Å². The molecule has 16 heteroatoms. The molecule has 3 aliphatic rings. The molecule has 1 aromatic carbocycles. The number of carbonyl (C=O) groups excluding carboxylic acids is 1. The van der Waals surface area contributed by atoms with E-state index in [1.807, 2.05) is 4.90 Å². The fourth-order valence-electron chi connectivity index (χ4n) is 5.35. The van der Waals surface area contributed by atoms with Crippen molar-refractivity contribution >= 4 is 23.5 Å². The summed E-state index contributed by atoms with van der Waals surface area (Å²) in [5.74, 6) is -4.45. The van der Waals surface area contributed by atoms with Crippen molar-refractivity contribution in [3.8, 4) is 5.75 Å². The van der Waals surface area contributed by atoms with Gasteiger partial charge in [0.15, 0.2) is 0 Å². The highest BCUT2D eigenvalue weighted by atomic mass is 19.4. The molecule has 2 aromatic rings. The monoisotopic (exact) mass is 634 g/mol. The van der Waals surface area contributed by atoms with Gasteiger partial charge in [-0.05, 0) is 57.0 Å². The van der Waals surface area contributed by atoms with Gasteiger partial charge in [-0.15, -0.1) is 0 Å². The van der Waals surface area contributed by atoms with Crippen LogP contribution in [-0.2, 0) is 22.6 Å². The number of hydrogen-bond donors (Lipinski definition) is 3. The second-order valence-electron chi connectivity index (χ2n) is 11.5. The van der Waals surface area contributed by atoms with Gasteiger partial charge in [-0.2, -0.15) is 26.3 Å². The summed E-state index contributed by atoms with van der Waals surface area (Å²) in [5.41, 5.74) is 9.60. The lowest BCUT2D eigenvalue weighted by Crippen LogP contribution is -2.34. The second kappa shape index (κ2) is 12.9. The van der Waals surface area contributed by atoms with Crippen LogP contribution in [0.3, 0.4) is 0 Å². The van der Waals surface area contributed by atoms with Gasteiger partial charge in [-0.25, -0.2) is 14.6 Å². The normalized spacial score (nSPS) is 20.6. The number of benzene rings is 1. The van der Waals surface area contributed by atoms with E-state index in [-0.39, 0.29) is 16.9 Å². The first-order valence-electron chi connectivity index (χ1n) is 13.3. The highest BCUT2D eigenvalue weighted by Crippen LogP contribution is 2.42. The summed E-state index contributed by atoms with van der Waals surface area (Å²) < 4.78 is 69.6. The quantitative estimate of drug-likeness (QED) is 0.419. The van der Waals surface area contributed by atoms with E-state index in [0.717, 1.165) is 57.7 Å². The number of ether oxygens (including phenoxy) is 1. The average molecular weight is 635 g/mol. The van der Waals surface area contributed by atoms with Gasteiger partial charge < -0.3 is 25.6 Å². The number of carbonyl (C=O) groups is 3. The van der Waals surface area contributed by atoms with Crippen molar-refractivity contribution < 1.29 is 55.7 Å². The number of amides is 1. The number of fused-ring (bicyclic) bond motifs is 1. The number of carboxylic acid groups (broad SMARTS) is 2. The highest BCUT2D eigenvalue weighted by molar-refractivity contribution is 5.92. The molecule has 1 aromatic heterocycles. The minimum atomic E-state index is -5.08. The second-order valence-corrected chi connectivity index (χ2v) is 11.5. The van der Waals surface area contributed by atoms with E-state index in [2.05, 4.69) is 41.9 Å². The van der Waals surface area contributed by atoms with Crippen LogP contribution in [0.4, 0.5) is 32.0 Å². The van der Waals surface area contributed by atoms with Gasteiger partial charge in [0.25, 0.3) is 5.91 Å². The number of carboxylic acids is 2. The number of nitrogen functional groups attached to an aromatic ring is 1. The van der Waals surface area contributed by atoms with Gasteiger partial charge in [-0.3, -0.25) is 9.69 Å². The van der Waals surface area contributed by atoms with Crippen LogP contribution < -0.4 is 10.5 Å². The van der Waals surface area contributed by atoms with Crippen LogP contribution in [0.2, 0.25) is 0 Å². The van der Waals surface area contributed by atoms with Crippen molar-refractivity contribution in [2.45, 2.75) is 57.6 Å². The van der Waals surface area contributed by atoms with Gasteiger partial charge >= 0.3 is 24.3 Å². The molecule has 1 unspecified atom stereocenters. The maximum Gasteiger partial charge on any atom is 0.490 e. The summed E-state index contributed by atoms with van der Waals surface area (Å²) >= 11 is 0. The lowest BCUT2D eigenvalue weighted by Gasteiger charge is -2.25. The zero-order valence-corrected chi connectivity index (χ0v) is 23.8. The molecule has 2 saturated heterocycles. The minimum absolute atomic E-state index is 0.0191. The fourth-order valence-corrected chi connectivity index (χ4v) is 5.35. The molecular weight excluding hydrogens is 602 g/mol. The van der Waals surface area contributed by atoms with Crippen LogP contribution in [0.15, 0.2) is 36.5 Å². The fraction of sp³-hybridized carbons (Fsp3) is 0.500. The summed E-state index contributed by atoms with van der Waals surface area (Å²) in [7, 11) is 0. The lowest BCUT2D eigenvalue weighted by molar-refractivity contribution is -0.193. The third-order valence-electron chi connectivity index (χ3n) is 7.35. The lowest BCUT2D eigenvalue weighted by atomic mass is 9.86. The van der Waals surface area contributed by atoms with Crippen LogP contribution in [0.1, 0.15) is 48.3 Å². The molecule has 1 spiro atoms. The summed E-state index contributed by atoms with van der Waals surface area (Å²) in [4.78, 5) is 39.4. The number of anilines is 1. The number of rotatable bonds is 3. The average Bonchev–Trinajstić information content (AvgIpc) is 3.60. The number of likely N-dealkylation sites (tertiary alicyclic amines) is 2. The molecule has 10 nitrogen and oxygen atoms in total. The largest absolute Gasteiger partial charge is 0.490 e. The molecular formula is C28H32F6N4O6. The van der Waals surface area contributed by atoms with Crippen molar-refractivity contribution in [1.82, 2.24) is 14.8 Å². The smallest absolute Gasteiger partial charge is 0.487 e. The Morgan fingerprint density at radius 3 is 2.09 bits per heavy atom. The molecule has 4 N–H and O–H groups in total. The van der Waals surface area contributed by atoms with Crippen LogP contribution in [-0.4, -0.2) is 87.0 Å². The summed E-state index contributed by atoms with van der Waals surface area (Å²) in [6.07, 6.45) is -5.44. The van der Waals surface area contributed by atoms with Crippen molar-refractivity contribution in [1.29, 1.82) is 0 Å². The summed E-state index contributed by atoms with van der Waals surface area (Å²) in [5, 5.41) is 14.2. The van der Waals surface area contributed by atoms with E-state index in [4.69, 9.17) is 30.3 Å². The zero-order chi connectivity index (χ0) is 33.1. The first-order chi connectivity index (χ1) is 20.2. The van der Waals surface area contributed by atoms with Crippen molar-refractivity contribution in [2.75, 3.05) is 31.9 Å². The van der Waals surface area contributed by atoms with Crippen LogP contribution in [0.25, 0.3) is 0 Å². The molecule has 0 saturated carbocycles. The third kappa shape index (κ3) is 8.97. The van der Waals surface area contributed by atoms with Gasteiger partial charge in [0.05, 0.1) is 11.9 Å². The Morgan fingerprint density at radius 2 is 1.55 bits per heavy atom. The van der Waals surface area contributed by atoms with E-state index in [0.29, 0.717) is 11.4 Å². The first-order valence-corrected chi connectivity index (χ1v) is 13.3. The predicted molar refractivity (Wildman–Crippen MR) is 144 cm³/mol. The minimum Gasteiger partial charge on any atom is -0.487 e. The van der Waals surface area contributed by atoms with Crippen molar-refractivity contribution in [3.05, 3.63) is 53.3 Å². The number of halogens is 6. The predicted octanol–water partition coefficient (Wildman–Crippen LogP) is 4.38. The van der Waals surface area contributed by atoms with E-state index in [9.17, 15) is 31.1 Å². The molecule has 0 radical (unpaired) electrons. The summed E-state index contributed by atoms with van der Waals surface area (Å²) in [6, 6.07) is 9.91.